The number of nitrogens with zero attached hydrogens (tertiary/aromatic N) is 1. The third kappa shape index (κ3) is 3.32. The number of nitrogens with one attached hydrogen (secondary N) is 1. The molecular weight excluding hydrogens is 248 g/mol. The van der Waals surface area contributed by atoms with E-state index in [1.165, 1.54) is 24.1 Å². The quantitative estimate of drug-likeness (QED) is 0.897. The zero-order chi connectivity index (χ0) is 14.7. The maximum atomic E-state index is 12.7. The normalized spacial score (nSPS) is 14.9. The van der Waals surface area contributed by atoms with Crippen molar-refractivity contribution in [3.63, 3.8) is 0 Å². The highest BCUT2D eigenvalue weighted by Crippen LogP contribution is 2.23. The summed E-state index contributed by atoms with van der Waals surface area (Å²) < 4.78 is 2.03. The number of hydrogen-bond donors (Lipinski definition) is 1. The van der Waals surface area contributed by atoms with Crippen LogP contribution in [0.1, 0.15) is 63.4 Å². The molecule has 0 aromatic carbocycles. The Labute approximate surface area is 122 Å². The van der Waals surface area contributed by atoms with E-state index in [0.717, 1.165) is 24.9 Å². The van der Waals surface area contributed by atoms with E-state index in [1.807, 2.05) is 4.57 Å². The Balaban J connectivity index is 2.33. The second kappa shape index (κ2) is 6.57. The Kier molecular flexibility index (Phi) is 5.03. The molecule has 0 atom stereocenters. The molecule has 0 saturated heterocycles. The fraction of sp³-hybridized carbons (Fsp3) is 0.706. The van der Waals surface area contributed by atoms with Crippen molar-refractivity contribution >= 4 is 0 Å². The minimum atomic E-state index is 0.205. The van der Waals surface area contributed by atoms with Gasteiger partial charge in [0.1, 0.15) is 0 Å². The first kappa shape index (κ1) is 15.3. The highest BCUT2D eigenvalue weighted by molar-refractivity contribution is 5.29. The minimum absolute atomic E-state index is 0.205. The van der Waals surface area contributed by atoms with E-state index in [2.05, 4.69) is 39.1 Å². The lowest BCUT2D eigenvalue weighted by molar-refractivity contribution is 0.505. The number of pyridine rings is 1. The first-order valence-electron chi connectivity index (χ1n) is 7.97. The lowest BCUT2D eigenvalue weighted by Crippen LogP contribution is -2.33. The predicted octanol–water partition coefficient (Wildman–Crippen LogP) is 3.05. The van der Waals surface area contributed by atoms with Gasteiger partial charge in [-0.3, -0.25) is 4.79 Å². The third-order valence-corrected chi connectivity index (χ3v) is 4.00. The summed E-state index contributed by atoms with van der Waals surface area (Å²) in [7, 11) is 0. The van der Waals surface area contributed by atoms with Crippen LogP contribution >= 0.6 is 0 Å². The summed E-state index contributed by atoms with van der Waals surface area (Å²) in [6, 6.07) is 2.41. The van der Waals surface area contributed by atoms with Crippen molar-refractivity contribution in [2.24, 2.45) is 5.92 Å². The van der Waals surface area contributed by atoms with Gasteiger partial charge in [0.05, 0.1) is 0 Å². The summed E-state index contributed by atoms with van der Waals surface area (Å²) in [6.07, 6.45) is 4.65. The molecule has 1 aromatic heterocycles. The number of aryl methyl sites for hydroxylation is 1. The van der Waals surface area contributed by atoms with Gasteiger partial charge in [-0.05, 0) is 63.6 Å². The Morgan fingerprint density at radius 1 is 1.20 bits per heavy atom. The summed E-state index contributed by atoms with van der Waals surface area (Å²) >= 11 is 0. The maximum Gasteiger partial charge on any atom is 0.255 e. The zero-order valence-electron chi connectivity index (χ0n) is 13.3. The van der Waals surface area contributed by atoms with Gasteiger partial charge in [-0.25, -0.2) is 0 Å². The van der Waals surface area contributed by atoms with Gasteiger partial charge in [0.25, 0.3) is 5.56 Å². The van der Waals surface area contributed by atoms with Crippen LogP contribution in [0, 0.1) is 5.92 Å². The molecule has 1 aliphatic rings. The first-order chi connectivity index (χ1) is 9.50. The van der Waals surface area contributed by atoms with Gasteiger partial charge in [-0.1, -0.05) is 13.8 Å². The van der Waals surface area contributed by atoms with Gasteiger partial charge in [-0.15, -0.1) is 0 Å². The highest BCUT2D eigenvalue weighted by atomic mass is 16.1. The summed E-state index contributed by atoms with van der Waals surface area (Å²) in [5.74, 6) is 0.611. The summed E-state index contributed by atoms with van der Waals surface area (Å²) in [5, 5.41) is 3.40. The van der Waals surface area contributed by atoms with E-state index < -0.39 is 0 Å². The highest BCUT2D eigenvalue weighted by Gasteiger charge is 2.18. The summed E-state index contributed by atoms with van der Waals surface area (Å²) in [4.78, 5) is 12.7. The van der Waals surface area contributed by atoms with Crippen molar-refractivity contribution in [1.82, 2.24) is 9.88 Å². The molecule has 0 bridgehead atoms. The van der Waals surface area contributed by atoms with E-state index >= 15 is 0 Å². The zero-order valence-corrected chi connectivity index (χ0v) is 13.3. The molecule has 20 heavy (non-hydrogen) atoms. The van der Waals surface area contributed by atoms with Gasteiger partial charge in [0, 0.05) is 23.8 Å². The molecule has 0 unspecified atom stereocenters. The van der Waals surface area contributed by atoms with Crippen LogP contribution in [0.4, 0.5) is 0 Å². The largest absolute Gasteiger partial charge is 0.312 e. The van der Waals surface area contributed by atoms with Crippen molar-refractivity contribution in [3.05, 3.63) is 33.2 Å². The van der Waals surface area contributed by atoms with Gasteiger partial charge in [0.2, 0.25) is 0 Å². The molecule has 0 spiro atoms. The van der Waals surface area contributed by atoms with Crippen LogP contribution in [-0.2, 0) is 19.4 Å². The van der Waals surface area contributed by atoms with Crippen molar-refractivity contribution in [2.45, 2.75) is 66.0 Å². The fourth-order valence-corrected chi connectivity index (χ4v) is 3.06. The number of fused-ring (bicyclic) bond motifs is 1. The minimum Gasteiger partial charge on any atom is -0.312 e. The molecule has 0 amide bonds. The average Bonchev–Trinajstić information content (AvgIpc) is 2.38. The van der Waals surface area contributed by atoms with Crippen molar-refractivity contribution in [3.8, 4) is 0 Å². The molecule has 0 radical (unpaired) electrons. The molecule has 0 aliphatic heterocycles. The number of aromatic nitrogens is 1. The molecule has 112 valence electrons. The molecule has 1 aromatic rings. The molecule has 3 nitrogen and oxygen atoms in total. The lowest BCUT2D eigenvalue weighted by Gasteiger charge is -2.25. The molecular formula is C17H28N2O. The Hall–Kier alpha value is -1.09. The van der Waals surface area contributed by atoms with Gasteiger partial charge >= 0.3 is 0 Å². The topological polar surface area (TPSA) is 34.0 Å². The molecule has 0 fully saturated rings. The van der Waals surface area contributed by atoms with Crippen LogP contribution in [0.2, 0.25) is 0 Å². The van der Waals surface area contributed by atoms with E-state index in [4.69, 9.17) is 0 Å². The number of hydrogen-bond acceptors (Lipinski definition) is 2. The van der Waals surface area contributed by atoms with Crippen LogP contribution < -0.4 is 10.9 Å². The van der Waals surface area contributed by atoms with Crippen LogP contribution in [0.25, 0.3) is 0 Å². The van der Waals surface area contributed by atoms with Gasteiger partial charge < -0.3 is 9.88 Å². The van der Waals surface area contributed by atoms with Gasteiger partial charge in [-0.2, -0.15) is 0 Å². The monoisotopic (exact) mass is 276 g/mol. The number of rotatable bonds is 5. The van der Waals surface area contributed by atoms with Crippen LogP contribution in [0.15, 0.2) is 10.9 Å². The summed E-state index contributed by atoms with van der Waals surface area (Å²) in [6.45, 7) is 10.2. The maximum absolute atomic E-state index is 12.7. The lowest BCUT2D eigenvalue weighted by atomic mass is 9.94. The molecule has 2 rings (SSSR count). The molecule has 0 saturated carbocycles. The van der Waals surface area contributed by atoms with Gasteiger partial charge in [0.15, 0.2) is 0 Å². The fourth-order valence-electron chi connectivity index (χ4n) is 3.06. The molecule has 1 heterocycles. The first-order valence-corrected chi connectivity index (χ1v) is 7.97. The SMILES string of the molecule is CC(C)CNCc1cc2c(n(C(C)C)c1=O)CCCC2. The van der Waals surface area contributed by atoms with Crippen molar-refractivity contribution < 1.29 is 0 Å². The van der Waals surface area contributed by atoms with E-state index in [0.29, 0.717) is 12.5 Å². The van der Waals surface area contributed by atoms with Crippen molar-refractivity contribution in [1.29, 1.82) is 0 Å². The third-order valence-electron chi connectivity index (χ3n) is 4.00. The standard InChI is InChI=1S/C17H28N2O/c1-12(2)10-18-11-15-9-14-7-5-6-8-16(14)19(13(3)4)17(15)20/h9,12-13,18H,5-8,10-11H2,1-4H3. The Morgan fingerprint density at radius 3 is 2.55 bits per heavy atom. The second-order valence-electron chi connectivity index (χ2n) is 6.64. The van der Waals surface area contributed by atoms with E-state index in [-0.39, 0.29) is 11.6 Å². The average molecular weight is 276 g/mol. The smallest absolute Gasteiger partial charge is 0.255 e. The Morgan fingerprint density at radius 2 is 1.90 bits per heavy atom. The van der Waals surface area contributed by atoms with Crippen LogP contribution in [0.3, 0.4) is 0 Å². The molecule has 1 N–H and O–H groups in total. The second-order valence-corrected chi connectivity index (χ2v) is 6.64. The van der Waals surface area contributed by atoms with Crippen LogP contribution in [0.5, 0.6) is 0 Å². The van der Waals surface area contributed by atoms with Crippen molar-refractivity contribution in [2.75, 3.05) is 6.54 Å². The predicted molar refractivity (Wildman–Crippen MR) is 84.3 cm³/mol. The van der Waals surface area contributed by atoms with Crippen LogP contribution in [-0.4, -0.2) is 11.1 Å². The molecule has 3 heteroatoms. The molecule has 1 aliphatic carbocycles. The van der Waals surface area contributed by atoms with E-state index in [1.54, 1.807) is 0 Å². The summed E-state index contributed by atoms with van der Waals surface area (Å²) in [5.41, 5.74) is 3.81. The van der Waals surface area contributed by atoms with E-state index in [9.17, 15) is 4.79 Å². The Bertz CT molecular complexity index is 514.